The summed E-state index contributed by atoms with van der Waals surface area (Å²) in [4.78, 5) is 2.82. The minimum Gasteiger partial charge on any atom is -0.311 e. The molecule has 114 valence electrons. The van der Waals surface area contributed by atoms with E-state index < -0.39 is 0 Å². The summed E-state index contributed by atoms with van der Waals surface area (Å²) in [6.45, 7) is 18.9. The Morgan fingerprint density at radius 1 is 1.11 bits per heavy atom. The summed E-state index contributed by atoms with van der Waals surface area (Å²) in [5.41, 5.74) is 0. The Labute approximate surface area is 121 Å². The highest BCUT2D eigenvalue weighted by Gasteiger charge is 2.34. The Bertz CT molecular complexity index is 238. The molecule has 1 heterocycles. The summed E-state index contributed by atoms with van der Waals surface area (Å²) in [7, 11) is 0. The predicted octanol–water partition coefficient (Wildman–Crippen LogP) is 3.77. The molecule has 0 bridgehead atoms. The standard InChI is InChI=1S/C17H36N2/c1-8-16(13(4)5)19-11-15(9-12(2)3)18-10-17(19)14(6)7/h12-18H,8-11H2,1-7H3. The second kappa shape index (κ2) is 7.64. The van der Waals surface area contributed by atoms with Crippen molar-refractivity contribution in [2.24, 2.45) is 17.8 Å². The summed E-state index contributed by atoms with van der Waals surface area (Å²) in [5.74, 6) is 2.28. The fourth-order valence-electron chi connectivity index (χ4n) is 3.67. The summed E-state index contributed by atoms with van der Waals surface area (Å²) < 4.78 is 0. The van der Waals surface area contributed by atoms with Crippen molar-refractivity contribution in [3.05, 3.63) is 0 Å². The molecule has 0 aliphatic carbocycles. The molecule has 2 nitrogen and oxygen atoms in total. The maximum Gasteiger partial charge on any atom is 0.0247 e. The number of nitrogens with one attached hydrogen (secondary N) is 1. The maximum atomic E-state index is 3.79. The number of hydrogen-bond donors (Lipinski definition) is 1. The molecule has 19 heavy (non-hydrogen) atoms. The second-order valence-corrected chi connectivity index (χ2v) is 7.46. The number of rotatable bonds is 6. The van der Waals surface area contributed by atoms with Crippen LogP contribution in [0.25, 0.3) is 0 Å². The van der Waals surface area contributed by atoms with Crippen molar-refractivity contribution >= 4 is 0 Å². The fourth-order valence-corrected chi connectivity index (χ4v) is 3.67. The van der Waals surface area contributed by atoms with Gasteiger partial charge in [-0.15, -0.1) is 0 Å². The summed E-state index contributed by atoms with van der Waals surface area (Å²) in [5, 5.41) is 3.79. The molecule has 3 unspecified atom stereocenters. The third-order valence-corrected chi connectivity index (χ3v) is 4.61. The molecular formula is C17H36N2. The van der Waals surface area contributed by atoms with Gasteiger partial charge < -0.3 is 5.32 Å². The molecule has 0 spiro atoms. The second-order valence-electron chi connectivity index (χ2n) is 7.46. The maximum absolute atomic E-state index is 3.79. The third kappa shape index (κ3) is 4.75. The molecule has 3 atom stereocenters. The van der Waals surface area contributed by atoms with Crippen LogP contribution in [0.15, 0.2) is 0 Å². The van der Waals surface area contributed by atoms with Crippen molar-refractivity contribution in [2.75, 3.05) is 13.1 Å². The van der Waals surface area contributed by atoms with E-state index in [2.05, 4.69) is 58.7 Å². The Kier molecular flexibility index (Phi) is 6.82. The highest BCUT2D eigenvalue weighted by Crippen LogP contribution is 2.25. The van der Waals surface area contributed by atoms with E-state index in [1.54, 1.807) is 0 Å². The first-order valence-corrected chi connectivity index (χ1v) is 8.35. The van der Waals surface area contributed by atoms with Crippen molar-refractivity contribution in [1.29, 1.82) is 0 Å². The monoisotopic (exact) mass is 268 g/mol. The summed E-state index contributed by atoms with van der Waals surface area (Å²) >= 11 is 0. The number of nitrogens with zero attached hydrogens (tertiary/aromatic N) is 1. The van der Waals surface area contributed by atoms with Crippen molar-refractivity contribution in [2.45, 2.75) is 79.4 Å². The van der Waals surface area contributed by atoms with Gasteiger partial charge in [-0.1, -0.05) is 48.5 Å². The molecule has 1 saturated heterocycles. The van der Waals surface area contributed by atoms with E-state index in [1.165, 1.54) is 19.4 Å². The molecule has 2 heteroatoms. The molecule has 0 aromatic rings. The van der Waals surface area contributed by atoms with Crippen LogP contribution < -0.4 is 5.32 Å². The lowest BCUT2D eigenvalue weighted by Crippen LogP contribution is -2.62. The summed E-state index contributed by atoms with van der Waals surface area (Å²) in [6.07, 6.45) is 2.57. The lowest BCUT2D eigenvalue weighted by Gasteiger charge is -2.48. The van der Waals surface area contributed by atoms with Gasteiger partial charge in [-0.2, -0.15) is 0 Å². The lowest BCUT2D eigenvalue weighted by molar-refractivity contribution is 0.0303. The molecule has 1 N–H and O–H groups in total. The van der Waals surface area contributed by atoms with Gasteiger partial charge in [0.1, 0.15) is 0 Å². The van der Waals surface area contributed by atoms with E-state index >= 15 is 0 Å². The van der Waals surface area contributed by atoms with Gasteiger partial charge in [0.15, 0.2) is 0 Å². The van der Waals surface area contributed by atoms with Crippen LogP contribution in [0.1, 0.15) is 61.3 Å². The molecule has 1 aliphatic heterocycles. The van der Waals surface area contributed by atoms with Gasteiger partial charge in [0.2, 0.25) is 0 Å². The molecular weight excluding hydrogens is 232 g/mol. The van der Waals surface area contributed by atoms with E-state index in [0.717, 1.165) is 30.3 Å². The first kappa shape index (κ1) is 17.0. The average molecular weight is 268 g/mol. The SMILES string of the molecule is CCC(C(C)C)N1CC(CC(C)C)NCC1C(C)C. The van der Waals surface area contributed by atoms with Crippen LogP contribution in [0.2, 0.25) is 0 Å². The molecule has 1 rings (SSSR count). The smallest absolute Gasteiger partial charge is 0.0247 e. The van der Waals surface area contributed by atoms with E-state index in [1.807, 2.05) is 0 Å². The zero-order valence-corrected chi connectivity index (χ0v) is 14.2. The van der Waals surface area contributed by atoms with Gasteiger partial charge in [-0.3, -0.25) is 4.90 Å². The number of piperazine rings is 1. The van der Waals surface area contributed by atoms with Gasteiger partial charge in [0.05, 0.1) is 0 Å². The molecule has 1 aliphatic rings. The Morgan fingerprint density at radius 3 is 2.16 bits per heavy atom. The van der Waals surface area contributed by atoms with Crippen molar-refractivity contribution < 1.29 is 0 Å². The molecule has 0 saturated carbocycles. The third-order valence-electron chi connectivity index (χ3n) is 4.61. The van der Waals surface area contributed by atoms with Crippen LogP contribution in [-0.4, -0.2) is 36.1 Å². The topological polar surface area (TPSA) is 15.3 Å². The van der Waals surface area contributed by atoms with Crippen LogP contribution in [-0.2, 0) is 0 Å². The lowest BCUT2D eigenvalue weighted by atomic mass is 9.89. The normalized spacial score (nSPS) is 27.5. The first-order valence-electron chi connectivity index (χ1n) is 8.35. The highest BCUT2D eigenvalue weighted by atomic mass is 15.3. The van der Waals surface area contributed by atoms with Gasteiger partial charge in [-0.25, -0.2) is 0 Å². The van der Waals surface area contributed by atoms with Gasteiger partial charge in [-0.05, 0) is 30.6 Å². The average Bonchev–Trinajstić information content (AvgIpc) is 2.28. The minimum atomic E-state index is 0.683. The van der Waals surface area contributed by atoms with Crippen molar-refractivity contribution in [3.63, 3.8) is 0 Å². The molecule has 0 amide bonds. The quantitative estimate of drug-likeness (QED) is 0.789. The predicted molar refractivity (Wildman–Crippen MR) is 85.5 cm³/mol. The van der Waals surface area contributed by atoms with Crippen molar-refractivity contribution in [3.8, 4) is 0 Å². The van der Waals surface area contributed by atoms with Crippen LogP contribution in [0.5, 0.6) is 0 Å². The Balaban J connectivity index is 2.77. The van der Waals surface area contributed by atoms with E-state index in [0.29, 0.717) is 12.1 Å². The van der Waals surface area contributed by atoms with Gasteiger partial charge in [0, 0.05) is 31.2 Å². The number of hydrogen-bond acceptors (Lipinski definition) is 2. The Morgan fingerprint density at radius 2 is 1.74 bits per heavy atom. The fraction of sp³-hybridized carbons (Fsp3) is 1.00. The zero-order chi connectivity index (χ0) is 14.6. The largest absolute Gasteiger partial charge is 0.311 e. The first-order chi connectivity index (χ1) is 8.86. The molecule has 1 fully saturated rings. The van der Waals surface area contributed by atoms with E-state index in [-0.39, 0.29) is 0 Å². The minimum absolute atomic E-state index is 0.683. The van der Waals surface area contributed by atoms with Crippen LogP contribution in [0, 0.1) is 17.8 Å². The van der Waals surface area contributed by atoms with Gasteiger partial charge in [0.25, 0.3) is 0 Å². The molecule has 0 aromatic heterocycles. The summed E-state index contributed by atoms with van der Waals surface area (Å²) in [6, 6.07) is 2.13. The van der Waals surface area contributed by atoms with E-state index in [4.69, 9.17) is 0 Å². The van der Waals surface area contributed by atoms with Crippen LogP contribution in [0.4, 0.5) is 0 Å². The highest BCUT2D eigenvalue weighted by molar-refractivity contribution is 4.92. The molecule has 0 aromatic carbocycles. The van der Waals surface area contributed by atoms with Gasteiger partial charge >= 0.3 is 0 Å². The van der Waals surface area contributed by atoms with E-state index in [9.17, 15) is 0 Å². The Hall–Kier alpha value is -0.0800. The van der Waals surface area contributed by atoms with Crippen LogP contribution in [0.3, 0.4) is 0 Å². The van der Waals surface area contributed by atoms with Crippen molar-refractivity contribution in [1.82, 2.24) is 10.2 Å². The van der Waals surface area contributed by atoms with Crippen LogP contribution >= 0.6 is 0 Å². The zero-order valence-electron chi connectivity index (χ0n) is 14.2. The molecule has 0 radical (unpaired) electrons.